The molecule has 11 nitrogen and oxygen atoms in total. The third-order valence-electron chi connectivity index (χ3n) is 7.81. The smallest absolute Gasteiger partial charge is 0.303 e. The van der Waals surface area contributed by atoms with Gasteiger partial charge in [-0.05, 0) is 97.7 Å². The Morgan fingerprint density at radius 3 is 2.32 bits per heavy atom. The molecule has 0 saturated heterocycles. The zero-order valence-corrected chi connectivity index (χ0v) is 27.0. The molecule has 47 heavy (non-hydrogen) atoms. The molecule has 0 bridgehead atoms. The van der Waals surface area contributed by atoms with Gasteiger partial charge in [-0.25, -0.2) is 5.06 Å². The highest BCUT2D eigenvalue weighted by molar-refractivity contribution is 5.95. The highest BCUT2D eigenvalue weighted by Crippen LogP contribution is 2.37. The number of carboxylic acids is 2. The molecule has 0 spiro atoms. The van der Waals surface area contributed by atoms with Gasteiger partial charge in [-0.3, -0.25) is 19.2 Å². The molecule has 4 rings (SSSR count). The molecule has 0 fully saturated rings. The molecular formula is C36H43NO10. The summed E-state index contributed by atoms with van der Waals surface area (Å²) in [6, 6.07) is 16.8. The van der Waals surface area contributed by atoms with E-state index in [2.05, 4.69) is 0 Å². The van der Waals surface area contributed by atoms with Crippen LogP contribution >= 0.6 is 0 Å². The van der Waals surface area contributed by atoms with Crippen LogP contribution in [0.2, 0.25) is 0 Å². The van der Waals surface area contributed by atoms with Crippen LogP contribution in [-0.2, 0) is 27.3 Å². The normalized spacial score (nSPS) is 11.7. The molecule has 0 aromatic heterocycles. The second-order valence-electron chi connectivity index (χ2n) is 11.1. The maximum absolute atomic E-state index is 13.1. The summed E-state index contributed by atoms with van der Waals surface area (Å²) >= 11 is 0. The molecule has 0 saturated carbocycles. The monoisotopic (exact) mass is 649 g/mol. The van der Waals surface area contributed by atoms with E-state index in [0.717, 1.165) is 54.4 Å². The van der Waals surface area contributed by atoms with Gasteiger partial charge in [0, 0.05) is 24.9 Å². The number of unbranched alkanes of at least 4 members (excludes halogenated alkanes) is 3. The molecule has 0 unspecified atom stereocenters. The first-order valence-electron chi connectivity index (χ1n) is 16.0. The number of hydroxylamine groups is 2. The summed E-state index contributed by atoms with van der Waals surface area (Å²) in [7, 11) is 1.47. The van der Waals surface area contributed by atoms with E-state index in [0.29, 0.717) is 54.6 Å². The van der Waals surface area contributed by atoms with Crippen molar-refractivity contribution >= 4 is 17.8 Å². The van der Waals surface area contributed by atoms with Gasteiger partial charge >= 0.3 is 11.9 Å². The van der Waals surface area contributed by atoms with Gasteiger partial charge in [0.15, 0.2) is 11.5 Å². The first kappa shape index (κ1) is 35.1. The standard InChI is InChI=1S/C36H43NO10/c1-3-37(43-2)36(42)28-20-27(26-14-16-32-33(23-26)47-24-46-32)21-29(22-28)44-18-7-5-4-6-10-25-11-8-12-31(30(25)15-17-35(40)41)45-19-9-13-34(38)39/h8,11-12,14,16,20-23H,3-7,9-10,13,15,17-19,24H2,1-2H3,(H,38,39)(H,40,41). The lowest BCUT2D eigenvalue weighted by Crippen LogP contribution is -2.29. The van der Waals surface area contributed by atoms with Crippen molar-refractivity contribution in [1.82, 2.24) is 5.06 Å². The third kappa shape index (κ3) is 10.4. The van der Waals surface area contributed by atoms with Crippen LogP contribution in [0.3, 0.4) is 0 Å². The quantitative estimate of drug-likeness (QED) is 0.102. The Hall–Kier alpha value is -4.77. The molecule has 0 atom stereocenters. The molecule has 3 aromatic rings. The van der Waals surface area contributed by atoms with Gasteiger partial charge in [-0.15, -0.1) is 0 Å². The number of nitrogens with zero attached hydrogens (tertiary/aromatic N) is 1. The molecule has 1 aliphatic heterocycles. The molecule has 1 heterocycles. The fourth-order valence-electron chi connectivity index (χ4n) is 5.41. The molecule has 0 radical (unpaired) electrons. The molecule has 3 aromatic carbocycles. The van der Waals surface area contributed by atoms with Crippen molar-refractivity contribution in [3.05, 3.63) is 71.3 Å². The molecule has 11 heteroatoms. The number of hydrogen-bond acceptors (Lipinski definition) is 8. The van der Waals surface area contributed by atoms with E-state index < -0.39 is 11.9 Å². The van der Waals surface area contributed by atoms with Crippen LogP contribution in [0.5, 0.6) is 23.0 Å². The molecule has 2 N–H and O–H groups in total. The summed E-state index contributed by atoms with van der Waals surface area (Å²) in [4.78, 5) is 40.5. The number of carbonyl (C=O) groups excluding carboxylic acids is 1. The Bertz CT molecular complexity index is 1520. The average Bonchev–Trinajstić information content (AvgIpc) is 3.54. The second-order valence-corrected chi connectivity index (χ2v) is 11.1. The van der Waals surface area contributed by atoms with Crippen LogP contribution in [0.15, 0.2) is 54.6 Å². The van der Waals surface area contributed by atoms with E-state index in [1.54, 1.807) is 6.07 Å². The van der Waals surface area contributed by atoms with Crippen molar-refractivity contribution < 1.29 is 48.4 Å². The lowest BCUT2D eigenvalue weighted by atomic mass is 9.97. The number of fused-ring (bicyclic) bond motifs is 1. The van der Waals surface area contributed by atoms with Crippen molar-refractivity contribution in [3.63, 3.8) is 0 Å². The Morgan fingerprint density at radius 2 is 1.55 bits per heavy atom. The largest absolute Gasteiger partial charge is 0.494 e. The topological polar surface area (TPSA) is 141 Å². The summed E-state index contributed by atoms with van der Waals surface area (Å²) in [6.07, 6.45) is 5.12. The number of ether oxygens (including phenoxy) is 4. The van der Waals surface area contributed by atoms with Crippen molar-refractivity contribution in [2.24, 2.45) is 0 Å². The van der Waals surface area contributed by atoms with Gasteiger partial charge in [0.2, 0.25) is 6.79 Å². The zero-order chi connectivity index (χ0) is 33.6. The highest BCUT2D eigenvalue weighted by Gasteiger charge is 2.19. The van der Waals surface area contributed by atoms with Gasteiger partial charge < -0.3 is 29.2 Å². The van der Waals surface area contributed by atoms with Crippen LogP contribution in [-0.4, -0.2) is 66.8 Å². The predicted molar refractivity (Wildman–Crippen MR) is 174 cm³/mol. The summed E-state index contributed by atoms with van der Waals surface area (Å²) < 4.78 is 23.0. The van der Waals surface area contributed by atoms with E-state index in [-0.39, 0.29) is 32.1 Å². The fraction of sp³-hybridized carbons (Fsp3) is 0.417. The molecule has 1 aliphatic rings. The summed E-state index contributed by atoms with van der Waals surface area (Å²) in [5, 5.41) is 19.4. The number of aliphatic carboxylic acids is 2. The van der Waals surface area contributed by atoms with E-state index in [9.17, 15) is 19.5 Å². The van der Waals surface area contributed by atoms with Crippen LogP contribution in [0.1, 0.15) is 73.4 Å². The van der Waals surface area contributed by atoms with Crippen LogP contribution in [0, 0.1) is 0 Å². The minimum Gasteiger partial charge on any atom is -0.494 e. The summed E-state index contributed by atoms with van der Waals surface area (Å²) in [6.45, 7) is 3.14. The number of aryl methyl sites for hydroxylation is 1. The second kappa shape index (κ2) is 17.8. The minimum absolute atomic E-state index is 0.00897. The van der Waals surface area contributed by atoms with E-state index in [1.165, 1.54) is 12.2 Å². The maximum atomic E-state index is 13.1. The van der Waals surface area contributed by atoms with Crippen molar-refractivity contribution in [1.29, 1.82) is 0 Å². The van der Waals surface area contributed by atoms with Crippen LogP contribution in [0.25, 0.3) is 11.1 Å². The lowest BCUT2D eigenvalue weighted by molar-refractivity contribution is -0.138. The Labute approximate surface area is 274 Å². The summed E-state index contributed by atoms with van der Waals surface area (Å²) in [5.74, 6) is 0.516. The first-order valence-corrected chi connectivity index (χ1v) is 16.0. The Balaban J connectivity index is 1.33. The minimum atomic E-state index is -0.879. The van der Waals surface area contributed by atoms with Crippen molar-refractivity contribution in [2.75, 3.05) is 33.7 Å². The number of rotatable bonds is 20. The Kier molecular flexibility index (Phi) is 13.3. The number of carboxylic acid groups (broad SMARTS) is 2. The third-order valence-corrected chi connectivity index (χ3v) is 7.81. The van der Waals surface area contributed by atoms with Crippen LogP contribution in [0.4, 0.5) is 0 Å². The van der Waals surface area contributed by atoms with Crippen molar-refractivity contribution in [3.8, 4) is 34.1 Å². The number of hydrogen-bond donors (Lipinski definition) is 2. The maximum Gasteiger partial charge on any atom is 0.303 e. The van der Waals surface area contributed by atoms with Gasteiger partial charge in [0.25, 0.3) is 5.91 Å². The summed E-state index contributed by atoms with van der Waals surface area (Å²) in [5.41, 5.74) is 4.05. The molecular weight excluding hydrogens is 606 g/mol. The lowest BCUT2D eigenvalue weighted by Gasteiger charge is -2.19. The van der Waals surface area contributed by atoms with Crippen molar-refractivity contribution in [2.45, 2.75) is 64.7 Å². The molecule has 1 amide bonds. The average molecular weight is 650 g/mol. The van der Waals surface area contributed by atoms with Gasteiger partial charge in [0.05, 0.1) is 20.3 Å². The molecule has 252 valence electrons. The van der Waals surface area contributed by atoms with E-state index in [4.69, 9.17) is 28.9 Å². The number of benzene rings is 3. The van der Waals surface area contributed by atoms with Gasteiger partial charge in [0.1, 0.15) is 11.5 Å². The SMILES string of the molecule is CCN(OC)C(=O)c1cc(OCCCCCCc2cccc(OCCCC(=O)O)c2CCC(=O)O)cc(-c2ccc3c(c2)OCO3)c1. The highest BCUT2D eigenvalue weighted by atomic mass is 16.7. The first-order chi connectivity index (χ1) is 22.8. The Morgan fingerprint density at radius 1 is 0.787 bits per heavy atom. The predicted octanol–water partition coefficient (Wildman–Crippen LogP) is 6.55. The van der Waals surface area contributed by atoms with E-state index >= 15 is 0 Å². The zero-order valence-electron chi connectivity index (χ0n) is 27.0. The van der Waals surface area contributed by atoms with Crippen LogP contribution < -0.4 is 18.9 Å². The van der Waals surface area contributed by atoms with Gasteiger partial charge in [-0.2, -0.15) is 0 Å². The van der Waals surface area contributed by atoms with Gasteiger partial charge in [-0.1, -0.05) is 31.0 Å². The number of carbonyl (C=O) groups is 3. The molecule has 0 aliphatic carbocycles. The number of amides is 1. The van der Waals surface area contributed by atoms with E-state index in [1.807, 2.05) is 55.5 Å². The fourth-order valence-corrected chi connectivity index (χ4v) is 5.41.